The molecule has 3 aromatic carbocycles. The number of ketones is 1. The first kappa shape index (κ1) is 24.4. The molecule has 0 aliphatic carbocycles. The van der Waals surface area contributed by atoms with Gasteiger partial charge in [0.1, 0.15) is 0 Å². The van der Waals surface area contributed by atoms with E-state index < -0.39 is 4.92 Å². The number of anilines is 1. The molecule has 0 unspecified atom stereocenters. The molecule has 0 bridgehead atoms. The Bertz CT molecular complexity index is 1440. The van der Waals surface area contributed by atoms with E-state index in [0.29, 0.717) is 32.3 Å². The standard InChI is InChI=1S/C23H16Cl2N6O3S/c1-14(32)22(28-26-16-6-5-9-18(13-16)31(33)34)35-23-29-27-21(19-11-10-15(24)12-20(19)25)30(23)17-7-3-2-4-8-17/h2-13,26H,1H3/b28-22+. The lowest BCUT2D eigenvalue weighted by atomic mass is 10.2. The molecule has 4 rings (SSSR count). The van der Waals surface area contributed by atoms with E-state index in [1.165, 1.54) is 25.1 Å². The zero-order valence-electron chi connectivity index (χ0n) is 18.1. The van der Waals surface area contributed by atoms with Crippen molar-refractivity contribution in [1.82, 2.24) is 14.8 Å². The van der Waals surface area contributed by atoms with Crippen molar-refractivity contribution in [3.05, 3.63) is 93.0 Å². The highest BCUT2D eigenvalue weighted by Crippen LogP contribution is 2.34. The number of nitro groups is 1. The molecule has 12 heteroatoms. The maximum Gasteiger partial charge on any atom is 0.271 e. The maximum absolute atomic E-state index is 12.4. The number of thioether (sulfide) groups is 1. The summed E-state index contributed by atoms with van der Waals surface area (Å²) >= 11 is 13.5. The van der Waals surface area contributed by atoms with Gasteiger partial charge in [0.15, 0.2) is 16.7 Å². The lowest BCUT2D eigenvalue weighted by molar-refractivity contribution is -0.384. The van der Waals surface area contributed by atoms with Gasteiger partial charge in [-0.3, -0.25) is 24.9 Å². The molecule has 1 heterocycles. The molecule has 4 aromatic rings. The van der Waals surface area contributed by atoms with E-state index in [1.807, 2.05) is 30.3 Å². The molecule has 176 valence electrons. The predicted molar refractivity (Wildman–Crippen MR) is 138 cm³/mol. The van der Waals surface area contributed by atoms with Gasteiger partial charge >= 0.3 is 0 Å². The fourth-order valence-electron chi connectivity index (χ4n) is 3.06. The van der Waals surface area contributed by atoms with Gasteiger partial charge < -0.3 is 0 Å². The van der Waals surface area contributed by atoms with Crippen LogP contribution in [0.15, 0.2) is 83.1 Å². The van der Waals surface area contributed by atoms with Crippen molar-refractivity contribution in [2.24, 2.45) is 5.10 Å². The summed E-state index contributed by atoms with van der Waals surface area (Å²) in [4.78, 5) is 22.9. The third-order valence-electron chi connectivity index (χ3n) is 4.65. The Kier molecular flexibility index (Phi) is 7.45. The number of carbonyl (C=O) groups excluding carboxylic acids is 1. The van der Waals surface area contributed by atoms with Crippen LogP contribution in [-0.2, 0) is 4.79 Å². The van der Waals surface area contributed by atoms with E-state index in [2.05, 4.69) is 20.7 Å². The number of aromatic nitrogens is 3. The number of nitrogens with one attached hydrogen (secondary N) is 1. The van der Waals surface area contributed by atoms with Crippen LogP contribution < -0.4 is 5.43 Å². The topological polar surface area (TPSA) is 115 Å². The number of Topliss-reactive ketones (excluding diaryl/α,β-unsaturated/α-hetero) is 1. The van der Waals surface area contributed by atoms with Crippen LogP contribution in [-0.4, -0.2) is 30.5 Å². The van der Waals surface area contributed by atoms with Gasteiger partial charge in [0.25, 0.3) is 5.69 Å². The smallest absolute Gasteiger partial charge is 0.271 e. The number of hydrogen-bond donors (Lipinski definition) is 1. The van der Waals surface area contributed by atoms with Crippen LogP contribution in [0.3, 0.4) is 0 Å². The molecule has 0 fully saturated rings. The van der Waals surface area contributed by atoms with Gasteiger partial charge in [-0.05, 0) is 48.2 Å². The van der Waals surface area contributed by atoms with Crippen LogP contribution in [0, 0.1) is 10.1 Å². The van der Waals surface area contributed by atoms with Crippen LogP contribution in [0.1, 0.15) is 6.92 Å². The largest absolute Gasteiger partial charge is 0.292 e. The second-order valence-corrected chi connectivity index (χ2v) is 8.90. The number of carbonyl (C=O) groups is 1. The Morgan fingerprint density at radius 1 is 1.06 bits per heavy atom. The van der Waals surface area contributed by atoms with Crippen molar-refractivity contribution in [3.63, 3.8) is 0 Å². The molecular weight excluding hydrogens is 511 g/mol. The number of non-ortho nitro benzene ring substituents is 1. The van der Waals surface area contributed by atoms with Gasteiger partial charge in [0.2, 0.25) is 5.16 Å². The fourth-order valence-corrected chi connectivity index (χ4v) is 4.32. The Morgan fingerprint density at radius 3 is 2.51 bits per heavy atom. The minimum atomic E-state index is -0.513. The van der Waals surface area contributed by atoms with Crippen LogP contribution in [0.2, 0.25) is 10.0 Å². The Labute approximate surface area is 213 Å². The monoisotopic (exact) mass is 526 g/mol. The van der Waals surface area contributed by atoms with Gasteiger partial charge in [-0.1, -0.05) is 47.5 Å². The van der Waals surface area contributed by atoms with Gasteiger partial charge in [-0.2, -0.15) is 5.10 Å². The number of hydrogen-bond acceptors (Lipinski definition) is 8. The quantitative estimate of drug-likeness (QED) is 0.0992. The number of hydrazone groups is 1. The average molecular weight is 527 g/mol. The van der Waals surface area contributed by atoms with Crippen LogP contribution >= 0.6 is 35.0 Å². The van der Waals surface area contributed by atoms with E-state index in [0.717, 1.165) is 17.4 Å². The molecule has 0 spiro atoms. The van der Waals surface area contributed by atoms with Gasteiger partial charge in [0.05, 0.1) is 15.6 Å². The number of rotatable bonds is 7. The number of halogens is 2. The summed E-state index contributed by atoms with van der Waals surface area (Å²) in [5.74, 6) is 0.122. The molecule has 0 saturated carbocycles. The van der Waals surface area contributed by atoms with Crippen molar-refractivity contribution in [3.8, 4) is 17.1 Å². The number of benzene rings is 3. The lowest BCUT2D eigenvalue weighted by Crippen LogP contribution is -2.10. The SMILES string of the molecule is CC(=O)/C(=N\Nc1cccc([N+](=O)[O-])c1)Sc1nnc(-c2ccc(Cl)cc2Cl)n1-c1ccccc1. The highest BCUT2D eigenvalue weighted by Gasteiger charge is 2.21. The second-order valence-electron chi connectivity index (χ2n) is 7.10. The highest BCUT2D eigenvalue weighted by atomic mass is 35.5. The average Bonchev–Trinajstić information content (AvgIpc) is 3.25. The molecule has 35 heavy (non-hydrogen) atoms. The van der Waals surface area contributed by atoms with Gasteiger partial charge in [-0.15, -0.1) is 10.2 Å². The molecule has 1 N–H and O–H groups in total. The Hall–Kier alpha value is -3.73. The molecule has 9 nitrogen and oxygen atoms in total. The van der Waals surface area contributed by atoms with E-state index in [1.54, 1.807) is 28.8 Å². The maximum atomic E-state index is 12.4. The normalized spacial score (nSPS) is 11.3. The zero-order valence-corrected chi connectivity index (χ0v) is 20.4. The second kappa shape index (κ2) is 10.7. The van der Waals surface area contributed by atoms with E-state index >= 15 is 0 Å². The molecule has 0 aliphatic heterocycles. The minimum absolute atomic E-state index is 0.0786. The van der Waals surface area contributed by atoms with E-state index in [9.17, 15) is 14.9 Å². The number of nitro benzene ring substituents is 1. The number of nitrogens with zero attached hydrogens (tertiary/aromatic N) is 5. The highest BCUT2D eigenvalue weighted by molar-refractivity contribution is 8.15. The van der Waals surface area contributed by atoms with Gasteiger partial charge in [-0.25, -0.2) is 0 Å². The van der Waals surface area contributed by atoms with Crippen molar-refractivity contribution < 1.29 is 9.72 Å². The molecule has 0 atom stereocenters. The van der Waals surface area contributed by atoms with Crippen LogP contribution in [0.5, 0.6) is 0 Å². The third kappa shape index (κ3) is 5.68. The zero-order chi connectivity index (χ0) is 24.9. The first-order valence-corrected chi connectivity index (χ1v) is 11.6. The predicted octanol–water partition coefficient (Wildman–Crippen LogP) is 6.26. The summed E-state index contributed by atoms with van der Waals surface area (Å²) in [5.41, 5.74) is 4.31. The van der Waals surface area contributed by atoms with Crippen molar-refractivity contribution >= 4 is 57.2 Å². The molecule has 0 saturated heterocycles. The summed E-state index contributed by atoms with van der Waals surface area (Å²) in [5, 5.41) is 25.1. The summed E-state index contributed by atoms with van der Waals surface area (Å²) in [6.07, 6.45) is 0. The fraction of sp³-hybridized carbons (Fsp3) is 0.0435. The molecular formula is C23H16Cl2N6O3S. The van der Waals surface area contributed by atoms with Gasteiger partial charge in [0, 0.05) is 35.3 Å². The minimum Gasteiger partial charge on any atom is -0.292 e. The van der Waals surface area contributed by atoms with E-state index in [4.69, 9.17) is 23.2 Å². The first-order chi connectivity index (χ1) is 16.8. The summed E-state index contributed by atoms with van der Waals surface area (Å²) < 4.78 is 1.76. The van der Waals surface area contributed by atoms with Crippen LogP contribution in [0.4, 0.5) is 11.4 Å². The summed E-state index contributed by atoms with van der Waals surface area (Å²) in [7, 11) is 0. The Balaban J connectivity index is 1.73. The third-order valence-corrected chi connectivity index (χ3v) is 6.22. The van der Waals surface area contributed by atoms with Crippen molar-refractivity contribution in [2.45, 2.75) is 12.1 Å². The van der Waals surface area contributed by atoms with Crippen molar-refractivity contribution in [2.75, 3.05) is 5.43 Å². The van der Waals surface area contributed by atoms with Crippen molar-refractivity contribution in [1.29, 1.82) is 0 Å². The lowest BCUT2D eigenvalue weighted by Gasteiger charge is -2.11. The summed E-state index contributed by atoms with van der Waals surface area (Å²) in [6, 6.07) is 20.2. The first-order valence-electron chi connectivity index (χ1n) is 10.1. The molecule has 0 radical (unpaired) electrons. The van der Waals surface area contributed by atoms with E-state index in [-0.39, 0.29) is 16.5 Å². The van der Waals surface area contributed by atoms with Crippen LogP contribution in [0.25, 0.3) is 17.1 Å². The molecule has 0 aliphatic rings. The molecule has 1 aromatic heterocycles. The Morgan fingerprint density at radius 2 is 1.83 bits per heavy atom. The summed E-state index contributed by atoms with van der Waals surface area (Å²) in [6.45, 7) is 1.36. The molecule has 0 amide bonds. The number of para-hydroxylation sites is 1.